The largest absolute Gasteiger partial charge is 0.344 e. The van der Waals surface area contributed by atoms with Gasteiger partial charge >= 0.3 is 6.03 Å². The molecule has 2 rings (SSSR count). The molecule has 25 heavy (non-hydrogen) atoms. The molecule has 0 aliphatic heterocycles. The van der Waals surface area contributed by atoms with Crippen LogP contribution in [0.25, 0.3) is 11.4 Å². The minimum Gasteiger partial charge on any atom is -0.344 e. The number of carbonyl (C=O) groups is 2. The summed E-state index contributed by atoms with van der Waals surface area (Å²) in [5, 5.41) is 11.1. The number of hydrogen-bond donors (Lipinski definition) is 3. The standard InChI is InChI=1S/C16H16FN5O3/c1-3-8-18-13(23)9-19-16(24)20-10(2)15-21-14(22-25-15)11-4-6-12(17)7-5-11/h1,4-7,10H,8-9H2,2H3,(H,18,23)(H2,19,20,24)/t10-/m1/s1. The van der Waals surface area contributed by atoms with Gasteiger partial charge in [0.05, 0.1) is 13.1 Å². The molecule has 0 fully saturated rings. The predicted molar refractivity (Wildman–Crippen MR) is 86.5 cm³/mol. The van der Waals surface area contributed by atoms with E-state index in [0.29, 0.717) is 5.56 Å². The molecular weight excluding hydrogens is 329 g/mol. The lowest BCUT2D eigenvalue weighted by Crippen LogP contribution is -2.42. The van der Waals surface area contributed by atoms with Crippen LogP contribution in [0.1, 0.15) is 18.9 Å². The maximum atomic E-state index is 12.9. The Labute approximate surface area is 143 Å². The normalized spacial score (nSPS) is 11.2. The fourth-order valence-electron chi connectivity index (χ4n) is 1.81. The Balaban J connectivity index is 1.87. The van der Waals surface area contributed by atoms with Crippen LogP contribution in [0.15, 0.2) is 28.8 Å². The Morgan fingerprint density at radius 3 is 2.72 bits per heavy atom. The number of terminal acetylenes is 1. The van der Waals surface area contributed by atoms with E-state index in [1.165, 1.54) is 24.3 Å². The van der Waals surface area contributed by atoms with Crippen LogP contribution in [-0.2, 0) is 4.79 Å². The average molecular weight is 345 g/mol. The molecule has 3 amide bonds. The summed E-state index contributed by atoms with van der Waals surface area (Å²) in [6.07, 6.45) is 5.01. The van der Waals surface area contributed by atoms with Gasteiger partial charge in [-0.15, -0.1) is 6.42 Å². The summed E-state index contributed by atoms with van der Waals surface area (Å²) in [5.74, 6) is 1.92. The fraction of sp³-hybridized carbons (Fsp3) is 0.250. The molecule has 1 aromatic heterocycles. The smallest absolute Gasteiger partial charge is 0.315 e. The summed E-state index contributed by atoms with van der Waals surface area (Å²) in [6.45, 7) is 1.51. The number of nitrogens with zero attached hydrogens (tertiary/aromatic N) is 2. The number of hydrogen-bond acceptors (Lipinski definition) is 5. The van der Waals surface area contributed by atoms with Crippen LogP contribution in [0.5, 0.6) is 0 Å². The van der Waals surface area contributed by atoms with Gasteiger partial charge in [-0.2, -0.15) is 4.98 Å². The Hall–Kier alpha value is -3.41. The molecule has 0 aliphatic carbocycles. The Kier molecular flexibility index (Phi) is 6.06. The van der Waals surface area contributed by atoms with Gasteiger partial charge in [-0.1, -0.05) is 11.1 Å². The van der Waals surface area contributed by atoms with Crippen molar-refractivity contribution in [1.82, 2.24) is 26.1 Å². The lowest BCUT2D eigenvalue weighted by Gasteiger charge is -2.10. The topological polar surface area (TPSA) is 109 Å². The fourth-order valence-corrected chi connectivity index (χ4v) is 1.81. The first-order valence-corrected chi connectivity index (χ1v) is 7.33. The van der Waals surface area contributed by atoms with Crippen molar-refractivity contribution in [2.24, 2.45) is 0 Å². The minimum atomic E-state index is -0.588. The highest BCUT2D eigenvalue weighted by Gasteiger charge is 2.17. The number of carbonyl (C=O) groups excluding carboxylic acids is 2. The highest BCUT2D eigenvalue weighted by molar-refractivity contribution is 5.84. The van der Waals surface area contributed by atoms with Crippen LogP contribution in [0.2, 0.25) is 0 Å². The van der Waals surface area contributed by atoms with Crippen molar-refractivity contribution >= 4 is 11.9 Å². The molecule has 0 saturated heterocycles. The van der Waals surface area contributed by atoms with E-state index in [2.05, 4.69) is 32.0 Å². The van der Waals surface area contributed by atoms with Gasteiger partial charge in [-0.3, -0.25) is 4.79 Å². The number of amides is 3. The van der Waals surface area contributed by atoms with Crippen molar-refractivity contribution in [1.29, 1.82) is 0 Å². The van der Waals surface area contributed by atoms with E-state index in [1.54, 1.807) is 6.92 Å². The molecule has 9 heteroatoms. The van der Waals surface area contributed by atoms with E-state index in [-0.39, 0.29) is 30.6 Å². The van der Waals surface area contributed by atoms with Crippen LogP contribution in [0.3, 0.4) is 0 Å². The van der Waals surface area contributed by atoms with E-state index in [4.69, 9.17) is 10.9 Å². The van der Waals surface area contributed by atoms with Crippen molar-refractivity contribution in [3.8, 4) is 23.7 Å². The molecule has 1 heterocycles. The van der Waals surface area contributed by atoms with Gasteiger partial charge in [0, 0.05) is 5.56 Å². The molecule has 0 aliphatic rings. The van der Waals surface area contributed by atoms with Gasteiger partial charge < -0.3 is 20.5 Å². The van der Waals surface area contributed by atoms with Crippen molar-refractivity contribution in [2.75, 3.05) is 13.1 Å². The molecule has 130 valence electrons. The maximum Gasteiger partial charge on any atom is 0.315 e. The quantitative estimate of drug-likeness (QED) is 0.676. The van der Waals surface area contributed by atoms with Gasteiger partial charge in [0.25, 0.3) is 0 Å². The number of benzene rings is 1. The van der Waals surface area contributed by atoms with Gasteiger partial charge in [0.1, 0.15) is 11.9 Å². The second kappa shape index (κ2) is 8.44. The number of rotatable bonds is 6. The third-order valence-corrected chi connectivity index (χ3v) is 3.06. The molecular formula is C16H16FN5O3. The second-order valence-electron chi connectivity index (χ2n) is 4.99. The number of nitrogens with one attached hydrogen (secondary N) is 3. The minimum absolute atomic E-state index is 0.0900. The van der Waals surface area contributed by atoms with E-state index in [0.717, 1.165) is 0 Å². The highest BCUT2D eigenvalue weighted by Crippen LogP contribution is 2.18. The third-order valence-electron chi connectivity index (χ3n) is 3.06. The zero-order chi connectivity index (χ0) is 18.2. The molecule has 0 spiro atoms. The van der Waals surface area contributed by atoms with Gasteiger partial charge in [0.15, 0.2) is 0 Å². The number of aromatic nitrogens is 2. The van der Waals surface area contributed by atoms with Crippen molar-refractivity contribution < 1.29 is 18.5 Å². The number of halogens is 1. The van der Waals surface area contributed by atoms with Gasteiger partial charge in [-0.25, -0.2) is 9.18 Å². The summed E-state index contributed by atoms with van der Waals surface area (Å²) in [4.78, 5) is 27.2. The molecule has 1 atom stereocenters. The van der Waals surface area contributed by atoms with E-state index in [9.17, 15) is 14.0 Å². The van der Waals surface area contributed by atoms with E-state index < -0.39 is 18.0 Å². The summed E-state index contributed by atoms with van der Waals surface area (Å²) >= 11 is 0. The second-order valence-corrected chi connectivity index (χ2v) is 4.99. The van der Waals surface area contributed by atoms with Crippen LogP contribution < -0.4 is 16.0 Å². The van der Waals surface area contributed by atoms with Gasteiger partial charge in [0.2, 0.25) is 17.6 Å². The highest BCUT2D eigenvalue weighted by atomic mass is 19.1. The Morgan fingerprint density at radius 1 is 1.32 bits per heavy atom. The first kappa shape index (κ1) is 17.9. The van der Waals surface area contributed by atoms with E-state index >= 15 is 0 Å². The molecule has 0 unspecified atom stereocenters. The maximum absolute atomic E-state index is 12.9. The van der Waals surface area contributed by atoms with Crippen molar-refractivity contribution in [2.45, 2.75) is 13.0 Å². The molecule has 8 nitrogen and oxygen atoms in total. The SMILES string of the molecule is C#CCNC(=O)CNC(=O)N[C@H](C)c1nc(-c2ccc(F)cc2)no1. The van der Waals surface area contributed by atoms with Crippen LogP contribution in [-0.4, -0.2) is 35.2 Å². The molecule has 1 aromatic carbocycles. The number of urea groups is 1. The first-order valence-electron chi connectivity index (χ1n) is 7.33. The molecule has 0 saturated carbocycles. The zero-order valence-electron chi connectivity index (χ0n) is 13.4. The monoisotopic (exact) mass is 345 g/mol. The molecule has 3 N–H and O–H groups in total. The zero-order valence-corrected chi connectivity index (χ0v) is 13.4. The van der Waals surface area contributed by atoms with Gasteiger partial charge in [-0.05, 0) is 31.2 Å². The Bertz CT molecular complexity index is 782. The molecule has 2 aromatic rings. The summed E-state index contributed by atoms with van der Waals surface area (Å²) < 4.78 is 18.0. The summed E-state index contributed by atoms with van der Waals surface area (Å²) in [5.41, 5.74) is 0.582. The third kappa shape index (κ3) is 5.31. The van der Waals surface area contributed by atoms with E-state index in [1.807, 2.05) is 0 Å². The summed E-state index contributed by atoms with van der Waals surface area (Å²) in [7, 11) is 0. The average Bonchev–Trinajstić information content (AvgIpc) is 3.09. The lowest BCUT2D eigenvalue weighted by molar-refractivity contribution is -0.119. The van der Waals surface area contributed by atoms with Crippen molar-refractivity contribution in [3.63, 3.8) is 0 Å². The first-order chi connectivity index (χ1) is 12.0. The Morgan fingerprint density at radius 2 is 2.04 bits per heavy atom. The predicted octanol–water partition coefficient (Wildman–Crippen LogP) is 0.985. The lowest BCUT2D eigenvalue weighted by atomic mass is 10.2. The van der Waals surface area contributed by atoms with Crippen LogP contribution >= 0.6 is 0 Å². The molecule has 0 bridgehead atoms. The van der Waals surface area contributed by atoms with Crippen molar-refractivity contribution in [3.05, 3.63) is 36.0 Å². The summed E-state index contributed by atoms with van der Waals surface area (Å²) in [6, 6.07) is 4.44. The van der Waals surface area contributed by atoms with Crippen LogP contribution in [0.4, 0.5) is 9.18 Å². The van der Waals surface area contributed by atoms with Crippen LogP contribution in [0, 0.1) is 18.2 Å². The molecule has 0 radical (unpaired) electrons.